The third kappa shape index (κ3) is 7.82. The topological polar surface area (TPSA) is 65.0 Å². The van der Waals surface area contributed by atoms with Crippen molar-refractivity contribution in [3.63, 3.8) is 0 Å². The summed E-state index contributed by atoms with van der Waals surface area (Å²) in [7, 11) is 3.03. The van der Waals surface area contributed by atoms with E-state index in [0.717, 1.165) is 24.8 Å². The molecule has 0 radical (unpaired) electrons. The zero-order valence-corrected chi connectivity index (χ0v) is 18.5. The van der Waals surface area contributed by atoms with E-state index in [1.54, 1.807) is 13.2 Å². The number of aliphatic hydroxyl groups is 1. The molecule has 0 saturated heterocycles. The number of hydrogen-bond acceptors (Lipinski definition) is 5. The minimum absolute atomic E-state index is 0.0536. The highest BCUT2D eigenvalue weighted by atomic mass is 35.5. The van der Waals surface area contributed by atoms with Crippen molar-refractivity contribution in [1.29, 1.82) is 0 Å². The van der Waals surface area contributed by atoms with E-state index in [-0.39, 0.29) is 23.2 Å². The smallest absolute Gasteiger partial charge is 0.305 e. The monoisotopic (exact) mass is 444 g/mol. The average molecular weight is 445 g/mol. The first-order valence-electron chi connectivity index (χ1n) is 9.89. The van der Waals surface area contributed by atoms with Crippen molar-refractivity contribution in [1.82, 2.24) is 0 Å². The number of carbonyl (C=O) groups is 1. The molecule has 0 unspecified atom stereocenters. The predicted molar refractivity (Wildman–Crippen MR) is 115 cm³/mol. The Bertz CT molecular complexity index is 679. The zero-order chi connectivity index (χ0) is 21.2. The molecule has 0 amide bonds. The van der Waals surface area contributed by atoms with Crippen molar-refractivity contribution < 1.29 is 24.1 Å². The third-order valence-electron chi connectivity index (χ3n) is 5.21. The van der Waals surface area contributed by atoms with E-state index in [4.69, 9.17) is 32.7 Å². The van der Waals surface area contributed by atoms with E-state index in [1.807, 2.05) is 12.1 Å². The molecular weight excluding hydrogens is 415 g/mol. The van der Waals surface area contributed by atoms with Crippen molar-refractivity contribution in [3.8, 4) is 5.75 Å². The van der Waals surface area contributed by atoms with Gasteiger partial charge in [-0.3, -0.25) is 4.79 Å². The van der Waals surface area contributed by atoms with Gasteiger partial charge in [-0.15, -0.1) is 11.6 Å². The second-order valence-electron chi connectivity index (χ2n) is 7.36. The number of unbranched alkanes of at least 4 members (excludes halogenated alkanes) is 1. The fraction of sp³-hybridized carbons (Fsp3) is 0.591. The first kappa shape index (κ1) is 24.0. The Morgan fingerprint density at radius 2 is 2.03 bits per heavy atom. The maximum absolute atomic E-state index is 11.1. The Labute approximate surface area is 182 Å². The quantitative estimate of drug-likeness (QED) is 0.230. The Morgan fingerprint density at radius 3 is 2.76 bits per heavy atom. The van der Waals surface area contributed by atoms with Crippen LogP contribution in [0.2, 0.25) is 5.02 Å². The maximum Gasteiger partial charge on any atom is 0.305 e. The number of rotatable bonds is 11. The van der Waals surface area contributed by atoms with Crippen LogP contribution >= 0.6 is 23.2 Å². The van der Waals surface area contributed by atoms with Crippen LogP contribution in [-0.2, 0) is 20.9 Å². The Hall–Kier alpha value is -1.27. The Kier molecular flexibility index (Phi) is 10.3. The standard InChI is InChI=1S/C22H30Cl2O5/c1-27-13-15-9-16(23)11-17(10-15)29-14-19-18(20(24)12-21(19)25)7-5-3-4-6-8-22(26)28-2/h3,5,9-11,18-21,25H,4,6-8,12-14H2,1-2H3/b5-3-/t18-,19-,20-,21-/m1/s1. The molecule has 1 aliphatic rings. The predicted octanol–water partition coefficient (Wildman–Crippen LogP) is 4.76. The number of hydrogen-bond donors (Lipinski definition) is 1. The molecule has 1 aliphatic carbocycles. The molecule has 1 aromatic rings. The number of methoxy groups -OCH3 is 2. The molecule has 4 atom stereocenters. The first-order valence-corrected chi connectivity index (χ1v) is 10.7. The molecule has 7 heteroatoms. The van der Waals surface area contributed by atoms with Crippen LogP contribution in [0.25, 0.3) is 0 Å². The molecule has 29 heavy (non-hydrogen) atoms. The largest absolute Gasteiger partial charge is 0.493 e. The number of allylic oxidation sites excluding steroid dienone is 2. The highest BCUT2D eigenvalue weighted by molar-refractivity contribution is 6.30. The number of halogens is 2. The highest BCUT2D eigenvalue weighted by Crippen LogP contribution is 2.39. The summed E-state index contributed by atoms with van der Waals surface area (Å²) in [5.74, 6) is 0.542. The zero-order valence-electron chi connectivity index (χ0n) is 17.0. The third-order valence-corrected chi connectivity index (χ3v) is 5.93. The van der Waals surface area contributed by atoms with Crippen LogP contribution in [0.3, 0.4) is 0 Å². The summed E-state index contributed by atoms with van der Waals surface area (Å²) in [5, 5.41) is 10.9. The molecule has 1 saturated carbocycles. The summed E-state index contributed by atoms with van der Waals surface area (Å²) in [5.41, 5.74) is 0.934. The molecule has 0 spiro atoms. The van der Waals surface area contributed by atoms with Gasteiger partial charge < -0.3 is 19.3 Å². The molecule has 0 heterocycles. The summed E-state index contributed by atoms with van der Waals surface area (Å²) in [4.78, 5) is 11.1. The summed E-state index contributed by atoms with van der Waals surface area (Å²) >= 11 is 12.6. The van der Waals surface area contributed by atoms with Gasteiger partial charge in [0.05, 0.1) is 26.4 Å². The minimum atomic E-state index is -0.493. The molecule has 162 valence electrons. The van der Waals surface area contributed by atoms with Crippen molar-refractivity contribution >= 4 is 29.2 Å². The average Bonchev–Trinajstić information content (AvgIpc) is 2.95. The van der Waals surface area contributed by atoms with Gasteiger partial charge in [-0.1, -0.05) is 23.8 Å². The molecule has 1 N–H and O–H groups in total. The van der Waals surface area contributed by atoms with Gasteiger partial charge >= 0.3 is 5.97 Å². The van der Waals surface area contributed by atoms with Crippen LogP contribution in [0.5, 0.6) is 5.75 Å². The molecular formula is C22H30Cl2O5. The van der Waals surface area contributed by atoms with E-state index in [9.17, 15) is 9.90 Å². The van der Waals surface area contributed by atoms with E-state index < -0.39 is 6.10 Å². The maximum atomic E-state index is 11.1. The second-order valence-corrected chi connectivity index (χ2v) is 8.36. The molecule has 1 aromatic carbocycles. The fourth-order valence-corrected chi connectivity index (χ4v) is 4.39. The molecule has 1 fully saturated rings. The number of aliphatic hydroxyl groups excluding tert-OH is 1. The molecule has 0 aromatic heterocycles. The van der Waals surface area contributed by atoms with Gasteiger partial charge in [0.2, 0.25) is 0 Å². The second kappa shape index (κ2) is 12.4. The lowest BCUT2D eigenvalue weighted by atomic mass is 9.92. The van der Waals surface area contributed by atoms with Gasteiger partial charge in [0.15, 0.2) is 0 Å². The summed E-state index contributed by atoms with van der Waals surface area (Å²) in [6.45, 7) is 0.828. The summed E-state index contributed by atoms with van der Waals surface area (Å²) < 4.78 is 15.7. The van der Waals surface area contributed by atoms with Crippen molar-refractivity contribution in [2.75, 3.05) is 20.8 Å². The van der Waals surface area contributed by atoms with Gasteiger partial charge in [0, 0.05) is 29.8 Å². The van der Waals surface area contributed by atoms with Crippen LogP contribution in [-0.4, -0.2) is 43.4 Å². The molecule has 2 rings (SSSR count). The molecule has 0 bridgehead atoms. The number of benzene rings is 1. The van der Waals surface area contributed by atoms with Crippen molar-refractivity contribution in [2.24, 2.45) is 11.8 Å². The van der Waals surface area contributed by atoms with Crippen LogP contribution in [0.4, 0.5) is 0 Å². The van der Waals surface area contributed by atoms with Gasteiger partial charge in [-0.2, -0.15) is 0 Å². The number of ether oxygens (including phenoxy) is 3. The summed E-state index contributed by atoms with van der Waals surface area (Å²) in [6.07, 6.45) is 6.95. The number of carbonyl (C=O) groups excluding carboxylic acids is 1. The van der Waals surface area contributed by atoms with Crippen LogP contribution < -0.4 is 4.74 Å². The number of alkyl halides is 1. The molecule has 5 nitrogen and oxygen atoms in total. The lowest BCUT2D eigenvalue weighted by molar-refractivity contribution is -0.140. The normalized spacial score (nSPS) is 24.2. The first-order chi connectivity index (χ1) is 13.9. The lowest BCUT2D eigenvalue weighted by Crippen LogP contribution is -2.27. The lowest BCUT2D eigenvalue weighted by Gasteiger charge is -2.23. The van der Waals surface area contributed by atoms with Gasteiger partial charge in [0.25, 0.3) is 0 Å². The van der Waals surface area contributed by atoms with E-state index in [1.165, 1.54) is 7.11 Å². The Morgan fingerprint density at radius 1 is 1.24 bits per heavy atom. The van der Waals surface area contributed by atoms with Crippen molar-refractivity contribution in [2.45, 2.75) is 50.2 Å². The molecule has 0 aliphatic heterocycles. The van der Waals surface area contributed by atoms with Crippen LogP contribution in [0, 0.1) is 11.8 Å². The van der Waals surface area contributed by atoms with Crippen LogP contribution in [0.1, 0.15) is 37.7 Å². The SMILES string of the molecule is COCc1cc(Cl)cc(OC[C@@H]2[C@@H](C/C=C\CCCC(=O)OC)[C@H](Cl)C[C@H]2O)c1. The fourth-order valence-electron chi connectivity index (χ4n) is 3.68. The van der Waals surface area contributed by atoms with E-state index in [2.05, 4.69) is 16.9 Å². The van der Waals surface area contributed by atoms with Gasteiger partial charge in [0.1, 0.15) is 5.75 Å². The van der Waals surface area contributed by atoms with Gasteiger partial charge in [-0.05, 0) is 55.4 Å². The highest BCUT2D eigenvalue weighted by Gasteiger charge is 2.41. The van der Waals surface area contributed by atoms with E-state index in [0.29, 0.717) is 36.8 Å². The van der Waals surface area contributed by atoms with Gasteiger partial charge in [-0.25, -0.2) is 0 Å². The van der Waals surface area contributed by atoms with Crippen LogP contribution in [0.15, 0.2) is 30.4 Å². The van der Waals surface area contributed by atoms with E-state index >= 15 is 0 Å². The number of esters is 1. The Balaban J connectivity index is 1.88. The van der Waals surface area contributed by atoms with Crippen molar-refractivity contribution in [3.05, 3.63) is 40.9 Å². The summed E-state index contributed by atoms with van der Waals surface area (Å²) in [6, 6.07) is 5.49. The minimum Gasteiger partial charge on any atom is -0.493 e.